The zero-order valence-corrected chi connectivity index (χ0v) is 13.4. The first-order valence-corrected chi connectivity index (χ1v) is 8.33. The highest BCUT2D eigenvalue weighted by Gasteiger charge is 2.28. The van der Waals surface area contributed by atoms with Crippen LogP contribution in [0.2, 0.25) is 0 Å². The number of nitrogens with one attached hydrogen (secondary N) is 2. The summed E-state index contributed by atoms with van der Waals surface area (Å²) in [7, 11) is 0. The van der Waals surface area contributed by atoms with Crippen LogP contribution in [0.1, 0.15) is 43.4 Å². The van der Waals surface area contributed by atoms with Crippen LogP contribution in [-0.4, -0.2) is 32.1 Å². The number of carbonyl (C=O) groups excluding carboxylic acids is 1. The van der Waals surface area contributed by atoms with E-state index in [-0.39, 0.29) is 17.4 Å². The molecule has 2 N–H and O–H groups in total. The van der Waals surface area contributed by atoms with E-state index >= 15 is 0 Å². The van der Waals surface area contributed by atoms with Crippen molar-refractivity contribution in [1.29, 1.82) is 0 Å². The summed E-state index contributed by atoms with van der Waals surface area (Å²) in [5.74, 6) is 0.0986. The van der Waals surface area contributed by atoms with E-state index < -0.39 is 0 Å². The summed E-state index contributed by atoms with van der Waals surface area (Å²) in [4.78, 5) is 12.3. The SMILES string of the molecule is CC1(CNC(=O)CC2OCCc3ccccc32)CCNCC1. The molecule has 22 heavy (non-hydrogen) atoms. The Bertz CT molecular complexity index is 524. The number of hydrogen-bond acceptors (Lipinski definition) is 3. The van der Waals surface area contributed by atoms with E-state index in [1.54, 1.807) is 0 Å². The van der Waals surface area contributed by atoms with Crippen molar-refractivity contribution >= 4 is 5.91 Å². The van der Waals surface area contributed by atoms with Crippen molar-refractivity contribution in [2.75, 3.05) is 26.2 Å². The molecule has 0 spiro atoms. The van der Waals surface area contributed by atoms with Crippen molar-refractivity contribution < 1.29 is 9.53 Å². The third kappa shape index (κ3) is 3.68. The maximum Gasteiger partial charge on any atom is 0.222 e. The normalized spacial score (nSPS) is 23.6. The van der Waals surface area contributed by atoms with Crippen LogP contribution in [0.15, 0.2) is 24.3 Å². The number of rotatable bonds is 4. The summed E-state index contributed by atoms with van der Waals surface area (Å²) < 4.78 is 5.82. The Morgan fingerprint density at radius 1 is 1.36 bits per heavy atom. The number of ether oxygens (including phenoxy) is 1. The second-order valence-electron chi connectivity index (χ2n) is 6.85. The van der Waals surface area contributed by atoms with Gasteiger partial charge in [-0.15, -0.1) is 0 Å². The van der Waals surface area contributed by atoms with Crippen LogP contribution in [0, 0.1) is 5.41 Å². The van der Waals surface area contributed by atoms with Gasteiger partial charge in [-0.2, -0.15) is 0 Å². The lowest BCUT2D eigenvalue weighted by atomic mass is 9.81. The molecule has 2 aliphatic rings. The molecule has 4 nitrogen and oxygen atoms in total. The average molecular weight is 302 g/mol. The Balaban J connectivity index is 1.54. The molecular formula is C18H26N2O2. The number of piperidine rings is 1. The van der Waals surface area contributed by atoms with Crippen LogP contribution < -0.4 is 10.6 Å². The van der Waals surface area contributed by atoms with E-state index in [4.69, 9.17) is 4.74 Å². The fraction of sp³-hybridized carbons (Fsp3) is 0.611. The summed E-state index contributed by atoms with van der Waals surface area (Å²) in [5, 5.41) is 6.50. The molecule has 1 aromatic rings. The van der Waals surface area contributed by atoms with Crippen molar-refractivity contribution in [2.45, 2.75) is 38.7 Å². The lowest BCUT2D eigenvalue weighted by Crippen LogP contribution is -2.43. The first-order chi connectivity index (χ1) is 10.7. The minimum absolute atomic E-state index is 0.0919. The van der Waals surface area contributed by atoms with Gasteiger partial charge in [-0.3, -0.25) is 4.79 Å². The molecule has 1 amide bonds. The smallest absolute Gasteiger partial charge is 0.222 e. The van der Waals surface area contributed by atoms with Gasteiger partial charge < -0.3 is 15.4 Å². The Morgan fingerprint density at radius 2 is 2.14 bits per heavy atom. The van der Waals surface area contributed by atoms with E-state index in [2.05, 4.69) is 35.8 Å². The molecule has 0 bridgehead atoms. The predicted octanol–water partition coefficient (Wildman–Crippen LogP) is 2.20. The van der Waals surface area contributed by atoms with Crippen molar-refractivity contribution in [3.05, 3.63) is 35.4 Å². The quantitative estimate of drug-likeness (QED) is 0.896. The molecule has 2 aliphatic heterocycles. The lowest BCUT2D eigenvalue weighted by Gasteiger charge is -2.34. The maximum absolute atomic E-state index is 12.3. The number of carbonyl (C=O) groups is 1. The zero-order chi connectivity index (χ0) is 15.4. The van der Waals surface area contributed by atoms with E-state index in [1.165, 1.54) is 11.1 Å². The van der Waals surface area contributed by atoms with Crippen LogP contribution >= 0.6 is 0 Å². The molecule has 0 aliphatic carbocycles. The topological polar surface area (TPSA) is 50.4 Å². The van der Waals surface area contributed by atoms with Crippen LogP contribution in [0.25, 0.3) is 0 Å². The maximum atomic E-state index is 12.3. The molecule has 120 valence electrons. The summed E-state index contributed by atoms with van der Waals surface area (Å²) in [6, 6.07) is 8.30. The summed E-state index contributed by atoms with van der Waals surface area (Å²) in [6.07, 6.45) is 3.52. The predicted molar refractivity (Wildman–Crippen MR) is 86.7 cm³/mol. The average Bonchev–Trinajstić information content (AvgIpc) is 2.54. The van der Waals surface area contributed by atoms with Gasteiger partial charge in [-0.1, -0.05) is 31.2 Å². The van der Waals surface area contributed by atoms with Crippen molar-refractivity contribution in [3.8, 4) is 0 Å². The van der Waals surface area contributed by atoms with Gasteiger partial charge in [0.25, 0.3) is 0 Å². The van der Waals surface area contributed by atoms with Gasteiger partial charge in [0, 0.05) is 6.54 Å². The largest absolute Gasteiger partial charge is 0.373 e. The molecule has 2 heterocycles. The molecule has 1 atom stereocenters. The molecular weight excluding hydrogens is 276 g/mol. The van der Waals surface area contributed by atoms with E-state index in [0.29, 0.717) is 13.0 Å². The second-order valence-corrected chi connectivity index (χ2v) is 6.85. The highest BCUT2D eigenvalue weighted by atomic mass is 16.5. The third-order valence-corrected chi connectivity index (χ3v) is 4.99. The monoisotopic (exact) mass is 302 g/mol. The summed E-state index contributed by atoms with van der Waals surface area (Å²) >= 11 is 0. The molecule has 1 saturated heterocycles. The number of fused-ring (bicyclic) bond motifs is 1. The molecule has 0 aromatic heterocycles. The van der Waals surface area contributed by atoms with Gasteiger partial charge in [0.05, 0.1) is 19.1 Å². The summed E-state index contributed by atoms with van der Waals surface area (Å²) in [5.41, 5.74) is 2.72. The van der Waals surface area contributed by atoms with Gasteiger partial charge in [0.15, 0.2) is 0 Å². The van der Waals surface area contributed by atoms with Crippen molar-refractivity contribution in [3.63, 3.8) is 0 Å². The molecule has 0 saturated carbocycles. The Labute approximate surface area is 132 Å². The molecule has 4 heteroatoms. The Kier molecular flexibility index (Phi) is 4.79. The zero-order valence-electron chi connectivity index (χ0n) is 13.4. The minimum atomic E-state index is -0.0919. The standard InChI is InChI=1S/C18H26N2O2/c1-18(7-9-19-10-8-18)13-20-17(21)12-16-15-5-3-2-4-14(15)6-11-22-16/h2-5,16,19H,6-13H2,1H3,(H,20,21). The summed E-state index contributed by atoms with van der Waals surface area (Å²) in [6.45, 7) is 5.83. The Morgan fingerprint density at radius 3 is 2.95 bits per heavy atom. The molecule has 3 rings (SSSR count). The lowest BCUT2D eigenvalue weighted by molar-refractivity contribution is -0.125. The fourth-order valence-corrected chi connectivity index (χ4v) is 3.41. The first kappa shape index (κ1) is 15.5. The van der Waals surface area contributed by atoms with Gasteiger partial charge in [-0.25, -0.2) is 0 Å². The van der Waals surface area contributed by atoms with E-state index in [9.17, 15) is 4.79 Å². The Hall–Kier alpha value is -1.39. The second kappa shape index (κ2) is 6.80. The van der Waals surface area contributed by atoms with Crippen LogP contribution in [-0.2, 0) is 16.0 Å². The third-order valence-electron chi connectivity index (χ3n) is 4.99. The highest BCUT2D eigenvalue weighted by Crippen LogP contribution is 2.30. The first-order valence-electron chi connectivity index (χ1n) is 8.33. The van der Waals surface area contributed by atoms with Crippen molar-refractivity contribution in [1.82, 2.24) is 10.6 Å². The van der Waals surface area contributed by atoms with Crippen molar-refractivity contribution in [2.24, 2.45) is 5.41 Å². The van der Waals surface area contributed by atoms with Crippen LogP contribution in [0.4, 0.5) is 0 Å². The van der Waals surface area contributed by atoms with Crippen LogP contribution in [0.5, 0.6) is 0 Å². The van der Waals surface area contributed by atoms with Gasteiger partial charge in [0.1, 0.15) is 0 Å². The number of benzene rings is 1. The minimum Gasteiger partial charge on any atom is -0.373 e. The molecule has 0 radical (unpaired) electrons. The number of hydrogen-bond donors (Lipinski definition) is 2. The fourth-order valence-electron chi connectivity index (χ4n) is 3.41. The molecule has 1 aromatic carbocycles. The van der Waals surface area contributed by atoms with E-state index in [0.717, 1.165) is 38.9 Å². The molecule has 1 unspecified atom stereocenters. The number of amides is 1. The molecule has 1 fully saturated rings. The van der Waals surface area contributed by atoms with Gasteiger partial charge in [-0.05, 0) is 48.9 Å². The van der Waals surface area contributed by atoms with Crippen LogP contribution in [0.3, 0.4) is 0 Å². The highest BCUT2D eigenvalue weighted by molar-refractivity contribution is 5.76. The van der Waals surface area contributed by atoms with Gasteiger partial charge in [0.2, 0.25) is 5.91 Å². The van der Waals surface area contributed by atoms with E-state index in [1.807, 2.05) is 6.07 Å². The van der Waals surface area contributed by atoms with Gasteiger partial charge >= 0.3 is 0 Å².